The third-order valence-corrected chi connectivity index (χ3v) is 34.0. The SMILES string of the molecule is CCCC(C)(CCC)c1ccccc1Cc1cc(Cc2ccc(C3CCC(C4CCC(C)CC4)CC3)cc2CC)ccc1C.CCP(=O)(CC)c1c(C)cccc1Nc1nc(Nc2cc(C)c(N3CCN(C)CC3)cc2OC)ncc1Cl.CCc1cc(C2CCC(C3CCC(C)CC3)CC2)c(C)cc1Cc1ccc(C)c(Cc2ccccc2C(C)(C)C)c1. The van der Waals surface area contributed by atoms with E-state index in [0.717, 1.165) is 140 Å². The first-order valence-electron chi connectivity index (χ1n) is 48.6. The normalized spacial score (nSPS) is 20.4. The van der Waals surface area contributed by atoms with E-state index < -0.39 is 7.14 Å². The van der Waals surface area contributed by atoms with Gasteiger partial charge in [-0.25, -0.2) is 4.98 Å². The molecular formula is C113H156ClN6O2P. The molecule has 0 radical (unpaired) electrons. The van der Waals surface area contributed by atoms with Crippen LogP contribution in [0, 0.1) is 70.1 Å². The van der Waals surface area contributed by atoms with Gasteiger partial charge in [0.1, 0.15) is 17.9 Å². The van der Waals surface area contributed by atoms with Gasteiger partial charge in [0.05, 0.1) is 24.7 Å². The molecule has 2 N–H and O–H groups in total. The molecule has 4 aliphatic carbocycles. The Morgan fingerprint density at radius 3 is 1.53 bits per heavy atom. The molecule has 0 unspecified atom stereocenters. The van der Waals surface area contributed by atoms with Crippen LogP contribution in [0.4, 0.5) is 28.8 Å². The van der Waals surface area contributed by atoms with Crippen LogP contribution in [0.3, 0.4) is 0 Å². The number of nitrogens with zero attached hydrogens (tertiary/aromatic N) is 4. The van der Waals surface area contributed by atoms with Gasteiger partial charge in [0, 0.05) is 55.6 Å². The van der Waals surface area contributed by atoms with Crippen molar-refractivity contribution in [1.82, 2.24) is 14.9 Å². The van der Waals surface area contributed by atoms with Crippen molar-refractivity contribution in [2.24, 2.45) is 35.5 Å². The van der Waals surface area contributed by atoms with Crippen molar-refractivity contribution in [2.75, 3.05) is 68.2 Å². The van der Waals surface area contributed by atoms with Crippen molar-refractivity contribution in [3.63, 3.8) is 0 Å². The molecule has 123 heavy (non-hydrogen) atoms. The summed E-state index contributed by atoms with van der Waals surface area (Å²) in [6, 6.07) is 55.6. The number of hydrogen-bond acceptors (Lipinski definition) is 8. The van der Waals surface area contributed by atoms with Crippen molar-refractivity contribution in [1.29, 1.82) is 0 Å². The average molecular weight is 1700 g/mol. The number of anilines is 5. The van der Waals surface area contributed by atoms with Crippen LogP contribution >= 0.6 is 18.7 Å². The summed E-state index contributed by atoms with van der Waals surface area (Å²) in [4.78, 5) is 13.8. The number of aromatic nitrogens is 2. The Labute approximate surface area is 751 Å². The first-order valence-corrected chi connectivity index (χ1v) is 51.0. The summed E-state index contributed by atoms with van der Waals surface area (Å²) in [7, 11) is 1.27. The highest BCUT2D eigenvalue weighted by Gasteiger charge is 2.35. The molecule has 5 fully saturated rings. The number of piperazine rings is 1. The van der Waals surface area contributed by atoms with E-state index in [1.54, 1.807) is 41.1 Å². The van der Waals surface area contributed by atoms with E-state index in [-0.39, 0.29) is 10.8 Å². The zero-order valence-corrected chi connectivity index (χ0v) is 81.3. The molecule has 10 heteroatoms. The van der Waals surface area contributed by atoms with Gasteiger partial charge >= 0.3 is 0 Å². The lowest BCUT2D eigenvalue weighted by Gasteiger charge is -2.37. The summed E-state index contributed by atoms with van der Waals surface area (Å²) in [5.41, 5.74) is 30.9. The van der Waals surface area contributed by atoms with Crippen LogP contribution in [0.2, 0.25) is 5.02 Å². The fourth-order valence-electron chi connectivity index (χ4n) is 22.5. The van der Waals surface area contributed by atoms with Crippen LogP contribution in [0.1, 0.15) is 329 Å². The highest BCUT2D eigenvalue weighted by Crippen LogP contribution is 2.50. The molecule has 1 aromatic heterocycles. The first kappa shape index (κ1) is 94.6. The van der Waals surface area contributed by atoms with Gasteiger partial charge < -0.3 is 29.7 Å². The topological polar surface area (TPSA) is 82.6 Å². The lowest BCUT2D eigenvalue weighted by molar-refractivity contribution is 0.165. The molecule has 1 saturated heterocycles. The van der Waals surface area contributed by atoms with Crippen molar-refractivity contribution in [3.8, 4) is 5.75 Å². The standard InChI is InChI=1S/C44H62.C41H56.C28H38ClN6O2P/c1-7-26-44(6,27-8-2)43-13-11-10-12-41(43)31-42-29-34(17-16-33(42)5)28-39-24-25-40(30-35(39)9-3)38-22-20-37(21-23-38)36-18-14-32(4)15-19-36;1-8-32-27-39(35-21-19-34(20-22-35)33-17-13-28(2)14-18-33)30(4)23-38(32)25-31-16-15-29(3)37(24-31)26-36-11-9-10-12-40(36)41(5,6)7;1-7-38(36,8-2)26-19(3)10-9-11-22(26)31-27-21(29)18-30-28(33-27)32-23-16-20(4)24(17-25(23)37-6)35-14-12-34(5)13-15-35/h10-13,16-17,24-25,29-30,32,36-38H,7-9,14-15,18-23,26-28,31H2,1-6H3;9-12,15-16,23-24,27-28,33-35H,8,13-14,17-22,25-26H2,1-7H3;9-11,16-18H,7-8,12-15H2,1-6H3,(H2,30,31,32,33). The summed E-state index contributed by atoms with van der Waals surface area (Å²) in [5.74, 6) is 9.03. The number of methoxy groups -OCH3 is 1. The second kappa shape index (κ2) is 43.8. The van der Waals surface area contributed by atoms with Gasteiger partial charge in [0.2, 0.25) is 5.95 Å². The lowest BCUT2D eigenvalue weighted by atomic mass is 9.68. The van der Waals surface area contributed by atoms with E-state index in [2.05, 4.69) is 262 Å². The Morgan fingerprint density at radius 2 is 0.992 bits per heavy atom. The highest BCUT2D eigenvalue weighted by atomic mass is 35.5. The van der Waals surface area contributed by atoms with Crippen molar-refractivity contribution in [3.05, 3.63) is 263 Å². The van der Waals surface area contributed by atoms with Gasteiger partial charge in [0.25, 0.3) is 0 Å². The minimum absolute atomic E-state index is 0.158. The summed E-state index contributed by atoms with van der Waals surface area (Å²) in [6.45, 7) is 42.8. The molecule has 2 heterocycles. The number of rotatable bonds is 28. The molecule has 9 aromatic rings. The van der Waals surface area contributed by atoms with E-state index in [9.17, 15) is 4.57 Å². The van der Waals surface area contributed by atoms with Gasteiger partial charge in [-0.2, -0.15) is 4.98 Å². The van der Waals surface area contributed by atoms with Crippen molar-refractivity contribution >= 4 is 52.9 Å². The van der Waals surface area contributed by atoms with Crippen LogP contribution in [0.25, 0.3) is 0 Å². The van der Waals surface area contributed by atoms with Gasteiger partial charge in [-0.1, -0.05) is 261 Å². The maximum atomic E-state index is 13.7. The largest absolute Gasteiger partial charge is 0.494 e. The van der Waals surface area contributed by atoms with Gasteiger partial charge in [-0.3, -0.25) is 0 Å². The molecule has 5 aliphatic rings. The van der Waals surface area contributed by atoms with Gasteiger partial charge in [0.15, 0.2) is 5.82 Å². The minimum atomic E-state index is -2.55. The zero-order valence-electron chi connectivity index (χ0n) is 79.6. The second-order valence-electron chi connectivity index (χ2n) is 40.1. The molecule has 4 saturated carbocycles. The third-order valence-electron chi connectivity index (χ3n) is 30.2. The molecule has 662 valence electrons. The maximum Gasteiger partial charge on any atom is 0.229 e. The maximum absolute atomic E-state index is 13.7. The number of ether oxygens (including phenoxy) is 1. The molecule has 1 aliphatic heterocycles. The number of likely N-dealkylation sites (N-methyl/N-ethyl adjacent to an activating group) is 1. The molecule has 0 amide bonds. The Kier molecular flexibility index (Phi) is 33.7. The number of halogens is 1. The molecule has 8 aromatic carbocycles. The number of nitrogens with one attached hydrogen (secondary N) is 2. The molecule has 0 bridgehead atoms. The van der Waals surface area contributed by atoms with Crippen LogP contribution in [0.5, 0.6) is 5.75 Å². The van der Waals surface area contributed by atoms with Gasteiger partial charge in [-0.05, 0) is 346 Å². The quantitative estimate of drug-likeness (QED) is 0.0470. The number of hydrogen-bond donors (Lipinski definition) is 2. The third kappa shape index (κ3) is 24.3. The Hall–Kier alpha value is -7.48. The van der Waals surface area contributed by atoms with E-state index in [0.29, 0.717) is 34.9 Å². The van der Waals surface area contributed by atoms with E-state index in [1.165, 1.54) is 201 Å². The van der Waals surface area contributed by atoms with Gasteiger partial charge in [-0.15, -0.1) is 0 Å². The van der Waals surface area contributed by atoms with E-state index in [1.807, 2.05) is 39.0 Å². The lowest BCUT2D eigenvalue weighted by Crippen LogP contribution is -2.44. The summed E-state index contributed by atoms with van der Waals surface area (Å²) < 4.78 is 19.4. The first-order chi connectivity index (χ1) is 59.1. The van der Waals surface area contributed by atoms with Crippen molar-refractivity contribution in [2.45, 2.75) is 307 Å². The Balaban J connectivity index is 0.000000169. The van der Waals surface area contributed by atoms with Crippen molar-refractivity contribution < 1.29 is 9.30 Å². The highest BCUT2D eigenvalue weighted by molar-refractivity contribution is 7.72. The van der Waals surface area contributed by atoms with Crippen LogP contribution in [-0.4, -0.2) is 67.5 Å². The molecular weight excluding hydrogens is 1540 g/mol. The summed E-state index contributed by atoms with van der Waals surface area (Å²) >= 11 is 6.51. The fraction of sp³-hybridized carbons (Fsp3) is 0.540. The predicted octanol–water partition coefficient (Wildman–Crippen LogP) is 30.2. The van der Waals surface area contributed by atoms with E-state index in [4.69, 9.17) is 16.3 Å². The Bertz CT molecular complexity index is 4960. The predicted molar refractivity (Wildman–Crippen MR) is 531 cm³/mol. The monoisotopic (exact) mass is 1700 g/mol. The van der Waals surface area contributed by atoms with Crippen LogP contribution < -0.4 is 25.6 Å². The zero-order chi connectivity index (χ0) is 87.7. The number of benzene rings is 8. The van der Waals surface area contributed by atoms with Crippen LogP contribution in [-0.2, 0) is 53.9 Å². The van der Waals surface area contributed by atoms with Crippen LogP contribution in [0.15, 0.2) is 152 Å². The average Bonchev–Trinajstić information content (AvgIpc) is 0.794. The van der Waals surface area contributed by atoms with E-state index >= 15 is 0 Å². The Morgan fingerprint density at radius 1 is 0.472 bits per heavy atom. The molecule has 8 nitrogen and oxygen atoms in total. The summed E-state index contributed by atoms with van der Waals surface area (Å²) in [5, 5.41) is 7.87. The number of aryl methyl sites for hydroxylation is 7. The smallest absolute Gasteiger partial charge is 0.229 e. The molecule has 0 atom stereocenters. The summed E-state index contributed by atoms with van der Waals surface area (Å²) in [6.07, 6.45) is 37.4. The second-order valence-corrected chi connectivity index (χ2v) is 44.0. The molecule has 0 spiro atoms. The molecule has 14 rings (SSSR count). The minimum Gasteiger partial charge on any atom is -0.494 e. The fourth-order valence-corrected chi connectivity index (χ4v) is 25.0.